The lowest BCUT2D eigenvalue weighted by atomic mass is 10.2. The van der Waals surface area contributed by atoms with Crippen LogP contribution in [0.4, 0.5) is 4.39 Å². The fourth-order valence-electron chi connectivity index (χ4n) is 1.79. The van der Waals surface area contributed by atoms with Gasteiger partial charge < -0.3 is 5.73 Å². The number of hydrogen-bond acceptors (Lipinski definition) is 3. The first-order valence-corrected chi connectivity index (χ1v) is 7.45. The average Bonchev–Trinajstić information content (AvgIpc) is 2.33. The molecule has 2 aromatic rings. The van der Waals surface area contributed by atoms with E-state index in [0.29, 0.717) is 10.5 Å². The van der Waals surface area contributed by atoms with Gasteiger partial charge in [0.05, 0.1) is 9.37 Å². The summed E-state index contributed by atoms with van der Waals surface area (Å²) >= 11 is 4.39. The zero-order valence-corrected chi connectivity index (χ0v) is 13.4. The number of nitrogens with two attached hydrogens (primary N) is 1. The molecule has 0 amide bonds. The number of nitrogens with one attached hydrogen (secondary N) is 1. The maximum absolute atomic E-state index is 14.3. The quantitative estimate of drug-likeness (QED) is 0.646. The van der Waals surface area contributed by atoms with Crippen molar-refractivity contribution in [3.63, 3.8) is 0 Å². The molecule has 0 fully saturated rings. The zero-order chi connectivity index (χ0) is 14.9. The molecule has 2 rings (SSSR count). The summed E-state index contributed by atoms with van der Waals surface area (Å²) in [6.07, 6.45) is 0. The van der Waals surface area contributed by atoms with Gasteiger partial charge in [-0.05, 0) is 59.6 Å². The molecule has 0 saturated heterocycles. The van der Waals surface area contributed by atoms with Gasteiger partial charge >= 0.3 is 0 Å². The third-order valence-electron chi connectivity index (χ3n) is 2.63. The van der Waals surface area contributed by atoms with E-state index >= 15 is 0 Å². The molecule has 1 heterocycles. The van der Waals surface area contributed by atoms with Gasteiger partial charge in [-0.1, -0.05) is 11.8 Å². The SMILES string of the molecule is Cc1cc(C)nc(Sc2ccc(C(=N)N)c(Br)c2F)c1. The van der Waals surface area contributed by atoms with Gasteiger partial charge in [0, 0.05) is 11.3 Å². The van der Waals surface area contributed by atoms with Crippen molar-refractivity contribution < 1.29 is 4.39 Å². The highest BCUT2D eigenvalue weighted by atomic mass is 79.9. The molecule has 1 aromatic carbocycles. The standard InChI is InChI=1S/C14H13BrFN3S/c1-7-5-8(2)19-11(6-7)20-10-4-3-9(14(17)18)12(15)13(10)16/h3-6H,1-2H3,(H3,17,18). The van der Waals surface area contributed by atoms with Gasteiger partial charge in [0.1, 0.15) is 10.9 Å². The van der Waals surface area contributed by atoms with E-state index in [-0.39, 0.29) is 10.3 Å². The Bertz CT molecular complexity index is 668. The van der Waals surface area contributed by atoms with Crippen LogP contribution >= 0.6 is 27.7 Å². The van der Waals surface area contributed by atoms with Gasteiger partial charge in [-0.25, -0.2) is 9.37 Å². The van der Waals surface area contributed by atoms with E-state index in [2.05, 4.69) is 20.9 Å². The largest absolute Gasteiger partial charge is 0.384 e. The third-order valence-corrected chi connectivity index (χ3v) is 4.35. The molecule has 0 unspecified atom stereocenters. The number of aromatic nitrogens is 1. The van der Waals surface area contributed by atoms with E-state index in [9.17, 15) is 4.39 Å². The monoisotopic (exact) mass is 353 g/mol. The van der Waals surface area contributed by atoms with Crippen LogP contribution in [0.15, 0.2) is 38.7 Å². The second-order valence-corrected chi connectivity index (χ2v) is 6.23. The molecule has 3 N–H and O–H groups in total. The molecule has 0 aliphatic rings. The number of hydrogen-bond donors (Lipinski definition) is 2. The van der Waals surface area contributed by atoms with E-state index in [1.807, 2.05) is 26.0 Å². The number of rotatable bonds is 3. The van der Waals surface area contributed by atoms with E-state index < -0.39 is 5.82 Å². The van der Waals surface area contributed by atoms with Crippen molar-refractivity contribution in [1.82, 2.24) is 4.98 Å². The molecular weight excluding hydrogens is 341 g/mol. The lowest BCUT2D eigenvalue weighted by Crippen LogP contribution is -2.12. The van der Waals surface area contributed by atoms with Crippen molar-refractivity contribution in [1.29, 1.82) is 5.41 Å². The van der Waals surface area contributed by atoms with E-state index in [1.165, 1.54) is 11.8 Å². The van der Waals surface area contributed by atoms with Gasteiger partial charge in [0.15, 0.2) is 5.82 Å². The van der Waals surface area contributed by atoms with Crippen LogP contribution in [0, 0.1) is 25.1 Å². The van der Waals surface area contributed by atoms with Crippen molar-refractivity contribution in [2.45, 2.75) is 23.8 Å². The molecule has 0 aliphatic heterocycles. The van der Waals surface area contributed by atoms with Gasteiger partial charge in [0.2, 0.25) is 0 Å². The Morgan fingerprint density at radius 3 is 2.65 bits per heavy atom. The highest BCUT2D eigenvalue weighted by Crippen LogP contribution is 2.34. The first-order valence-electron chi connectivity index (χ1n) is 5.84. The van der Waals surface area contributed by atoms with Gasteiger partial charge in [-0.3, -0.25) is 5.41 Å². The molecule has 20 heavy (non-hydrogen) atoms. The fourth-order valence-corrected chi connectivity index (χ4v) is 3.47. The molecule has 0 spiro atoms. The van der Waals surface area contributed by atoms with Crippen LogP contribution in [-0.4, -0.2) is 10.8 Å². The number of nitrogen functional groups attached to an aromatic ring is 1. The number of pyridine rings is 1. The van der Waals surface area contributed by atoms with Crippen LogP contribution in [-0.2, 0) is 0 Å². The van der Waals surface area contributed by atoms with Gasteiger partial charge in [-0.15, -0.1) is 0 Å². The number of amidine groups is 1. The van der Waals surface area contributed by atoms with Gasteiger partial charge in [0.25, 0.3) is 0 Å². The Morgan fingerprint density at radius 1 is 1.35 bits per heavy atom. The predicted octanol–water partition coefficient (Wildman–Crippen LogP) is 4.04. The minimum Gasteiger partial charge on any atom is -0.384 e. The Hall–Kier alpha value is -1.40. The van der Waals surface area contributed by atoms with Crippen molar-refractivity contribution in [3.8, 4) is 0 Å². The van der Waals surface area contributed by atoms with Crippen molar-refractivity contribution in [3.05, 3.63) is 51.4 Å². The summed E-state index contributed by atoms with van der Waals surface area (Å²) in [7, 11) is 0. The number of benzene rings is 1. The molecule has 0 saturated carbocycles. The topological polar surface area (TPSA) is 62.8 Å². The first kappa shape index (κ1) is 15.0. The minimum absolute atomic E-state index is 0.170. The molecule has 0 bridgehead atoms. The highest BCUT2D eigenvalue weighted by Gasteiger charge is 2.14. The van der Waals surface area contributed by atoms with Gasteiger partial charge in [-0.2, -0.15) is 0 Å². The average molecular weight is 354 g/mol. The Balaban J connectivity index is 2.39. The molecule has 1 aromatic heterocycles. The van der Waals surface area contributed by atoms with Crippen molar-refractivity contribution >= 4 is 33.5 Å². The summed E-state index contributed by atoms with van der Waals surface area (Å²) < 4.78 is 14.5. The predicted molar refractivity (Wildman–Crippen MR) is 83.0 cm³/mol. The second kappa shape index (κ2) is 5.93. The normalized spacial score (nSPS) is 10.6. The maximum Gasteiger partial charge on any atom is 0.152 e. The molecule has 6 heteroatoms. The van der Waals surface area contributed by atoms with Crippen molar-refractivity contribution in [2.24, 2.45) is 5.73 Å². The fraction of sp³-hybridized carbons (Fsp3) is 0.143. The Kier molecular flexibility index (Phi) is 4.45. The second-order valence-electron chi connectivity index (χ2n) is 4.38. The lowest BCUT2D eigenvalue weighted by molar-refractivity contribution is 0.594. The van der Waals surface area contributed by atoms with Crippen LogP contribution < -0.4 is 5.73 Å². The molecule has 3 nitrogen and oxygen atoms in total. The molecule has 104 valence electrons. The smallest absolute Gasteiger partial charge is 0.152 e. The third kappa shape index (κ3) is 3.19. The number of nitrogens with zero attached hydrogens (tertiary/aromatic N) is 1. The maximum atomic E-state index is 14.3. The molecule has 0 aliphatic carbocycles. The van der Waals surface area contributed by atoms with Crippen LogP contribution in [0.2, 0.25) is 0 Å². The summed E-state index contributed by atoms with van der Waals surface area (Å²) in [6.45, 7) is 3.88. The molecular formula is C14H13BrFN3S. The van der Waals surface area contributed by atoms with E-state index in [4.69, 9.17) is 11.1 Å². The van der Waals surface area contributed by atoms with Crippen LogP contribution in [0.1, 0.15) is 16.8 Å². The van der Waals surface area contributed by atoms with E-state index in [1.54, 1.807) is 12.1 Å². The Labute approximate surface area is 129 Å². The Morgan fingerprint density at radius 2 is 2.05 bits per heavy atom. The number of halogens is 2. The summed E-state index contributed by atoms with van der Waals surface area (Å²) in [5, 5.41) is 8.12. The van der Waals surface area contributed by atoms with Crippen LogP contribution in [0.5, 0.6) is 0 Å². The summed E-state index contributed by atoms with van der Waals surface area (Å²) in [5.74, 6) is -0.597. The highest BCUT2D eigenvalue weighted by molar-refractivity contribution is 9.10. The first-order chi connectivity index (χ1) is 9.38. The van der Waals surface area contributed by atoms with Crippen LogP contribution in [0.25, 0.3) is 0 Å². The number of aryl methyl sites for hydroxylation is 2. The molecule has 0 atom stereocenters. The summed E-state index contributed by atoms with van der Waals surface area (Å²) in [5.41, 5.74) is 7.72. The lowest BCUT2D eigenvalue weighted by Gasteiger charge is -2.09. The minimum atomic E-state index is -0.427. The molecule has 0 radical (unpaired) electrons. The van der Waals surface area contributed by atoms with Crippen LogP contribution in [0.3, 0.4) is 0 Å². The summed E-state index contributed by atoms with van der Waals surface area (Å²) in [4.78, 5) is 4.82. The van der Waals surface area contributed by atoms with Crippen molar-refractivity contribution in [2.75, 3.05) is 0 Å². The summed E-state index contributed by atoms with van der Waals surface area (Å²) in [6, 6.07) is 7.11. The van der Waals surface area contributed by atoms with E-state index in [0.717, 1.165) is 16.3 Å². The zero-order valence-electron chi connectivity index (χ0n) is 11.0.